The molecule has 3 rings (SSSR count). The number of carbonyl (C=O) groups excluding carboxylic acids is 2. The molecule has 1 heterocycles. The van der Waals surface area contributed by atoms with Crippen LogP contribution in [0.4, 0.5) is 0 Å². The minimum absolute atomic E-state index is 0.201. The van der Waals surface area contributed by atoms with E-state index < -0.39 is 23.6 Å². The lowest BCUT2D eigenvalue weighted by molar-refractivity contribution is -0.194. The van der Waals surface area contributed by atoms with E-state index in [-0.39, 0.29) is 17.1 Å². The second kappa shape index (κ2) is 3.81. The number of hydrogen-bond donors (Lipinski definition) is 1. The van der Waals surface area contributed by atoms with Gasteiger partial charge in [0.2, 0.25) is 0 Å². The van der Waals surface area contributed by atoms with Crippen molar-refractivity contribution in [3.05, 3.63) is 0 Å². The van der Waals surface area contributed by atoms with E-state index in [1.165, 1.54) is 0 Å². The number of ether oxygens (including phenoxy) is 1. The number of hydrogen-bond acceptors (Lipinski definition) is 4. The van der Waals surface area contributed by atoms with E-state index in [0.717, 1.165) is 19.3 Å². The summed E-state index contributed by atoms with van der Waals surface area (Å²) >= 11 is 0. The van der Waals surface area contributed by atoms with E-state index in [1.54, 1.807) is 6.92 Å². The lowest BCUT2D eigenvalue weighted by Crippen LogP contribution is -2.65. The molecule has 1 aliphatic heterocycles. The van der Waals surface area contributed by atoms with Gasteiger partial charge in [-0.2, -0.15) is 0 Å². The number of fused-ring (bicyclic) bond motifs is 3. The molecule has 6 unspecified atom stereocenters. The number of aliphatic hydroxyl groups is 1. The molecule has 2 saturated carbocycles. The Hall–Kier alpha value is -0.900. The van der Waals surface area contributed by atoms with Crippen molar-refractivity contribution in [1.29, 1.82) is 0 Å². The maximum Gasteiger partial charge on any atom is 0.312 e. The summed E-state index contributed by atoms with van der Waals surface area (Å²) in [7, 11) is 0. The third-order valence-electron chi connectivity index (χ3n) is 6.22. The third kappa shape index (κ3) is 1.38. The highest BCUT2D eigenvalue weighted by Crippen LogP contribution is 2.59. The van der Waals surface area contributed by atoms with E-state index in [4.69, 9.17) is 4.74 Å². The SMILES string of the molecule is CC1C(=O)OC2C1(O)C(=O)CC1CCCC(C)C12C. The van der Waals surface area contributed by atoms with Crippen LogP contribution >= 0.6 is 0 Å². The lowest BCUT2D eigenvalue weighted by atomic mass is 9.50. The van der Waals surface area contributed by atoms with Gasteiger partial charge in [0, 0.05) is 11.8 Å². The van der Waals surface area contributed by atoms with Crippen LogP contribution in [0.3, 0.4) is 0 Å². The van der Waals surface area contributed by atoms with Gasteiger partial charge in [-0.25, -0.2) is 0 Å². The summed E-state index contributed by atoms with van der Waals surface area (Å²) < 4.78 is 5.48. The van der Waals surface area contributed by atoms with E-state index in [9.17, 15) is 14.7 Å². The molecule has 0 amide bonds. The lowest BCUT2D eigenvalue weighted by Gasteiger charge is -2.55. The first-order valence-electron chi connectivity index (χ1n) is 7.29. The normalized spacial score (nSPS) is 53.5. The fourth-order valence-corrected chi connectivity index (χ4v) is 4.58. The Bertz CT molecular complexity index is 445. The van der Waals surface area contributed by atoms with E-state index in [0.29, 0.717) is 12.3 Å². The molecule has 0 spiro atoms. The fourth-order valence-electron chi connectivity index (χ4n) is 4.58. The van der Waals surface area contributed by atoms with Crippen LogP contribution in [0.5, 0.6) is 0 Å². The van der Waals surface area contributed by atoms with Crippen LogP contribution in [0.25, 0.3) is 0 Å². The smallest absolute Gasteiger partial charge is 0.312 e. The van der Waals surface area contributed by atoms with Crippen molar-refractivity contribution in [2.75, 3.05) is 0 Å². The van der Waals surface area contributed by atoms with Crippen LogP contribution in [-0.2, 0) is 14.3 Å². The van der Waals surface area contributed by atoms with Crippen LogP contribution in [0, 0.1) is 23.2 Å². The van der Waals surface area contributed by atoms with Crippen molar-refractivity contribution in [3.63, 3.8) is 0 Å². The minimum Gasteiger partial charge on any atom is -0.458 e. The summed E-state index contributed by atoms with van der Waals surface area (Å²) in [6.07, 6.45) is 2.90. The molecule has 0 aromatic heterocycles. The molecule has 4 nitrogen and oxygen atoms in total. The first-order chi connectivity index (χ1) is 8.82. The molecule has 0 radical (unpaired) electrons. The Morgan fingerprint density at radius 2 is 1.95 bits per heavy atom. The van der Waals surface area contributed by atoms with Gasteiger partial charge >= 0.3 is 5.97 Å². The van der Waals surface area contributed by atoms with Crippen molar-refractivity contribution >= 4 is 11.8 Å². The summed E-state index contributed by atoms with van der Waals surface area (Å²) in [4.78, 5) is 24.3. The molecule has 3 aliphatic rings. The molecule has 4 heteroatoms. The van der Waals surface area contributed by atoms with Crippen molar-refractivity contribution < 1.29 is 19.4 Å². The molecule has 19 heavy (non-hydrogen) atoms. The van der Waals surface area contributed by atoms with Gasteiger partial charge in [-0.1, -0.05) is 26.7 Å². The monoisotopic (exact) mass is 266 g/mol. The van der Waals surface area contributed by atoms with Crippen molar-refractivity contribution in [1.82, 2.24) is 0 Å². The Labute approximate surface area is 113 Å². The Morgan fingerprint density at radius 3 is 2.63 bits per heavy atom. The zero-order valence-electron chi connectivity index (χ0n) is 11.8. The van der Waals surface area contributed by atoms with Crippen LogP contribution < -0.4 is 0 Å². The third-order valence-corrected chi connectivity index (χ3v) is 6.22. The van der Waals surface area contributed by atoms with Gasteiger partial charge in [-0.15, -0.1) is 0 Å². The first kappa shape index (κ1) is 13.1. The van der Waals surface area contributed by atoms with Crippen molar-refractivity contribution in [3.8, 4) is 0 Å². The van der Waals surface area contributed by atoms with E-state index >= 15 is 0 Å². The van der Waals surface area contributed by atoms with Crippen molar-refractivity contribution in [2.45, 2.75) is 58.2 Å². The quantitative estimate of drug-likeness (QED) is 0.678. The average Bonchev–Trinajstić information content (AvgIpc) is 2.60. The van der Waals surface area contributed by atoms with Crippen molar-refractivity contribution in [2.24, 2.45) is 23.2 Å². The maximum atomic E-state index is 12.4. The molecule has 1 N–H and O–H groups in total. The topological polar surface area (TPSA) is 63.6 Å². The van der Waals surface area contributed by atoms with E-state index in [2.05, 4.69) is 13.8 Å². The van der Waals surface area contributed by atoms with E-state index in [1.807, 2.05) is 0 Å². The number of rotatable bonds is 0. The second-order valence-corrected chi connectivity index (χ2v) is 6.89. The summed E-state index contributed by atoms with van der Waals surface area (Å²) in [5.41, 5.74) is -1.88. The molecular weight excluding hydrogens is 244 g/mol. The molecule has 1 saturated heterocycles. The van der Waals surface area contributed by atoms with Gasteiger partial charge in [-0.05, 0) is 25.2 Å². The van der Waals surface area contributed by atoms with Crippen LogP contribution in [0.2, 0.25) is 0 Å². The Balaban J connectivity index is 2.10. The molecule has 3 fully saturated rings. The molecule has 0 aromatic rings. The van der Waals surface area contributed by atoms with Gasteiger partial charge in [0.05, 0.1) is 5.92 Å². The predicted octanol–water partition coefficient (Wildman–Crippen LogP) is 1.69. The Kier molecular flexibility index (Phi) is 2.63. The van der Waals surface area contributed by atoms with Crippen LogP contribution in [0.15, 0.2) is 0 Å². The average molecular weight is 266 g/mol. The number of Topliss-reactive ketones (excluding diaryl/α,β-unsaturated/α-hetero) is 1. The van der Waals surface area contributed by atoms with Gasteiger partial charge in [0.1, 0.15) is 6.10 Å². The summed E-state index contributed by atoms with van der Waals surface area (Å²) in [6.45, 7) is 5.85. The number of ketones is 1. The van der Waals surface area contributed by atoms with Gasteiger partial charge in [-0.3, -0.25) is 9.59 Å². The highest BCUT2D eigenvalue weighted by atomic mass is 16.6. The summed E-state index contributed by atoms with van der Waals surface area (Å²) in [6, 6.07) is 0. The Morgan fingerprint density at radius 1 is 1.26 bits per heavy atom. The summed E-state index contributed by atoms with van der Waals surface area (Å²) in [5.74, 6) is -0.786. The predicted molar refractivity (Wildman–Crippen MR) is 68.2 cm³/mol. The molecule has 106 valence electrons. The van der Waals surface area contributed by atoms with Gasteiger partial charge in [0.25, 0.3) is 0 Å². The summed E-state index contributed by atoms with van der Waals surface area (Å²) in [5, 5.41) is 10.8. The fraction of sp³-hybridized carbons (Fsp3) is 0.867. The highest BCUT2D eigenvalue weighted by Gasteiger charge is 2.70. The highest BCUT2D eigenvalue weighted by molar-refractivity contribution is 5.96. The minimum atomic E-state index is -1.60. The van der Waals surface area contributed by atoms with Gasteiger partial charge in [0.15, 0.2) is 11.4 Å². The number of esters is 1. The molecule has 6 atom stereocenters. The molecule has 2 aliphatic carbocycles. The maximum absolute atomic E-state index is 12.4. The zero-order chi connectivity index (χ0) is 14.0. The van der Waals surface area contributed by atoms with Crippen LogP contribution in [0.1, 0.15) is 46.5 Å². The van der Waals surface area contributed by atoms with Crippen LogP contribution in [-0.4, -0.2) is 28.6 Å². The standard InChI is InChI=1S/C15H22O4/c1-8-5-4-6-10-7-11(16)15(18)9(2)12(17)19-13(15)14(8,10)3/h8-10,13,18H,4-7H2,1-3H3. The number of carbonyl (C=O) groups is 2. The molecule has 0 bridgehead atoms. The second-order valence-electron chi connectivity index (χ2n) is 6.89. The molecular formula is C15H22O4. The first-order valence-corrected chi connectivity index (χ1v) is 7.29. The van der Waals surface area contributed by atoms with Gasteiger partial charge < -0.3 is 9.84 Å². The molecule has 0 aromatic carbocycles. The largest absolute Gasteiger partial charge is 0.458 e. The zero-order valence-corrected chi connectivity index (χ0v) is 11.8.